The van der Waals surface area contributed by atoms with E-state index in [1.807, 2.05) is 22.6 Å². The van der Waals surface area contributed by atoms with Crippen LogP contribution in [0.3, 0.4) is 0 Å². The van der Waals surface area contributed by atoms with Gasteiger partial charge in [0.2, 0.25) is 0 Å². The zero-order chi connectivity index (χ0) is 14.5. The highest BCUT2D eigenvalue weighted by atomic mass is 127. The van der Waals surface area contributed by atoms with Crippen LogP contribution < -0.4 is 5.56 Å². The molecule has 2 aromatic rings. The van der Waals surface area contributed by atoms with Gasteiger partial charge < -0.3 is 9.72 Å². The van der Waals surface area contributed by atoms with Gasteiger partial charge in [-0.2, -0.15) is 0 Å². The Morgan fingerprint density at radius 2 is 2.05 bits per heavy atom. The molecule has 6 heteroatoms. The van der Waals surface area contributed by atoms with E-state index in [2.05, 4.69) is 41.2 Å². The van der Waals surface area contributed by atoms with Gasteiger partial charge in [0.15, 0.2) is 0 Å². The maximum absolute atomic E-state index is 11.8. The fourth-order valence-electron chi connectivity index (χ4n) is 1.64. The molecule has 4 nitrogen and oxygen atoms in total. The first-order valence-corrected chi connectivity index (χ1v) is 8.12. The maximum atomic E-state index is 11.8. The number of halogens is 1. The van der Waals surface area contributed by atoms with Crippen LogP contribution in [-0.4, -0.2) is 17.1 Å². The molecule has 1 heterocycles. The molecule has 0 amide bonds. The van der Waals surface area contributed by atoms with Crippen LogP contribution in [0.2, 0.25) is 0 Å². The van der Waals surface area contributed by atoms with Crippen molar-refractivity contribution in [3.63, 3.8) is 0 Å². The van der Waals surface area contributed by atoms with E-state index in [1.165, 1.54) is 5.56 Å². The summed E-state index contributed by atoms with van der Waals surface area (Å²) in [5.41, 5.74) is 1.82. The molecule has 0 spiro atoms. The predicted octanol–water partition coefficient (Wildman–Crippen LogP) is 3.12. The molecule has 0 bridgehead atoms. The van der Waals surface area contributed by atoms with Gasteiger partial charge in [0.05, 0.1) is 18.1 Å². The number of ether oxygens (including phenoxy) is 1. The standard InChI is InChI=1S/C14H15IN2O2S/c1-9-3-5-10(6-4-9)20-8-12-16-11(7-19-2)13(15)14(18)17-12/h3-6H,7-8H2,1-2H3,(H,16,17,18). The normalized spacial score (nSPS) is 10.8. The van der Waals surface area contributed by atoms with E-state index in [4.69, 9.17) is 4.74 Å². The largest absolute Gasteiger partial charge is 0.378 e. The Bertz CT molecular complexity index is 641. The molecule has 1 aromatic heterocycles. The van der Waals surface area contributed by atoms with Crippen molar-refractivity contribution >= 4 is 34.4 Å². The van der Waals surface area contributed by atoms with Gasteiger partial charge in [0.25, 0.3) is 5.56 Å². The van der Waals surface area contributed by atoms with Crippen molar-refractivity contribution in [1.82, 2.24) is 9.97 Å². The van der Waals surface area contributed by atoms with Crippen molar-refractivity contribution in [2.45, 2.75) is 24.2 Å². The van der Waals surface area contributed by atoms with Gasteiger partial charge in [-0.05, 0) is 41.6 Å². The average molecular weight is 402 g/mol. The number of aromatic amines is 1. The molecule has 2 rings (SSSR count). The summed E-state index contributed by atoms with van der Waals surface area (Å²) in [7, 11) is 1.60. The first-order chi connectivity index (χ1) is 9.60. The van der Waals surface area contributed by atoms with E-state index in [0.717, 1.165) is 4.90 Å². The summed E-state index contributed by atoms with van der Waals surface area (Å²) in [4.78, 5) is 20.2. The van der Waals surface area contributed by atoms with Crippen LogP contribution in [0, 0.1) is 10.5 Å². The number of thioether (sulfide) groups is 1. The molecule has 0 aliphatic carbocycles. The van der Waals surface area contributed by atoms with Crippen LogP contribution in [0.4, 0.5) is 0 Å². The van der Waals surface area contributed by atoms with Crippen molar-refractivity contribution in [3.8, 4) is 0 Å². The van der Waals surface area contributed by atoms with Gasteiger partial charge in [-0.15, -0.1) is 11.8 Å². The molecule has 0 saturated carbocycles. The minimum absolute atomic E-state index is 0.104. The second-order valence-electron chi connectivity index (χ2n) is 4.31. The summed E-state index contributed by atoms with van der Waals surface area (Å²) < 4.78 is 5.66. The molecule has 0 saturated heterocycles. The number of rotatable bonds is 5. The highest BCUT2D eigenvalue weighted by Crippen LogP contribution is 2.21. The summed E-state index contributed by atoms with van der Waals surface area (Å²) >= 11 is 3.64. The quantitative estimate of drug-likeness (QED) is 0.617. The van der Waals surface area contributed by atoms with E-state index in [-0.39, 0.29) is 5.56 Å². The fourth-order valence-corrected chi connectivity index (χ4v) is 2.82. The Morgan fingerprint density at radius 3 is 2.70 bits per heavy atom. The van der Waals surface area contributed by atoms with Gasteiger partial charge in [-0.3, -0.25) is 4.79 Å². The van der Waals surface area contributed by atoms with Crippen LogP contribution in [0.25, 0.3) is 0 Å². The van der Waals surface area contributed by atoms with E-state index < -0.39 is 0 Å². The van der Waals surface area contributed by atoms with Crippen LogP contribution in [0.15, 0.2) is 34.0 Å². The lowest BCUT2D eigenvalue weighted by Crippen LogP contribution is -2.18. The molecule has 0 aliphatic rings. The van der Waals surface area contributed by atoms with Gasteiger partial charge in [-0.25, -0.2) is 4.98 Å². The lowest BCUT2D eigenvalue weighted by Gasteiger charge is -2.06. The van der Waals surface area contributed by atoms with E-state index in [1.54, 1.807) is 18.9 Å². The molecular formula is C14H15IN2O2S. The minimum atomic E-state index is -0.104. The SMILES string of the molecule is COCc1nc(CSc2ccc(C)cc2)[nH]c(=O)c1I. The summed E-state index contributed by atoms with van der Waals surface area (Å²) in [6.45, 7) is 2.41. The van der Waals surface area contributed by atoms with E-state index in [0.29, 0.717) is 27.4 Å². The lowest BCUT2D eigenvalue weighted by molar-refractivity contribution is 0.180. The van der Waals surface area contributed by atoms with Crippen LogP contribution >= 0.6 is 34.4 Å². The van der Waals surface area contributed by atoms with Gasteiger partial charge in [0, 0.05) is 12.0 Å². The smallest absolute Gasteiger partial charge is 0.264 e. The minimum Gasteiger partial charge on any atom is -0.378 e. The Labute approximate surface area is 135 Å². The Balaban J connectivity index is 2.13. The van der Waals surface area contributed by atoms with Crippen molar-refractivity contribution in [2.75, 3.05) is 7.11 Å². The Hall–Kier alpha value is -0.860. The molecule has 0 unspecified atom stereocenters. The molecule has 0 atom stereocenters. The second-order valence-corrected chi connectivity index (χ2v) is 6.44. The number of hydrogen-bond acceptors (Lipinski definition) is 4. The third kappa shape index (κ3) is 4.07. The molecule has 1 aromatic carbocycles. The highest BCUT2D eigenvalue weighted by Gasteiger charge is 2.09. The second kappa shape index (κ2) is 7.24. The lowest BCUT2D eigenvalue weighted by atomic mass is 10.2. The van der Waals surface area contributed by atoms with Gasteiger partial charge in [0.1, 0.15) is 9.39 Å². The Kier molecular flexibility index (Phi) is 5.62. The number of methoxy groups -OCH3 is 1. The van der Waals surface area contributed by atoms with Crippen LogP contribution in [-0.2, 0) is 17.1 Å². The summed E-state index contributed by atoms with van der Waals surface area (Å²) in [6, 6.07) is 8.29. The van der Waals surface area contributed by atoms with Crippen molar-refractivity contribution < 1.29 is 4.74 Å². The van der Waals surface area contributed by atoms with E-state index in [9.17, 15) is 4.79 Å². The van der Waals surface area contributed by atoms with Crippen LogP contribution in [0.5, 0.6) is 0 Å². The number of hydrogen-bond donors (Lipinski definition) is 1. The third-order valence-electron chi connectivity index (χ3n) is 2.66. The first kappa shape index (κ1) is 15.5. The highest BCUT2D eigenvalue weighted by molar-refractivity contribution is 14.1. The van der Waals surface area contributed by atoms with Crippen LogP contribution in [0.1, 0.15) is 17.1 Å². The molecule has 106 valence electrons. The Morgan fingerprint density at radius 1 is 1.35 bits per heavy atom. The van der Waals surface area contributed by atoms with E-state index >= 15 is 0 Å². The van der Waals surface area contributed by atoms with Crippen molar-refractivity contribution in [2.24, 2.45) is 0 Å². The van der Waals surface area contributed by atoms with Gasteiger partial charge >= 0.3 is 0 Å². The molecule has 20 heavy (non-hydrogen) atoms. The summed E-state index contributed by atoms with van der Waals surface area (Å²) in [5, 5.41) is 0. The topological polar surface area (TPSA) is 55.0 Å². The molecule has 1 N–H and O–H groups in total. The summed E-state index contributed by atoms with van der Waals surface area (Å²) in [5.74, 6) is 1.31. The predicted molar refractivity (Wildman–Crippen MR) is 89.0 cm³/mol. The van der Waals surface area contributed by atoms with Gasteiger partial charge in [-0.1, -0.05) is 17.7 Å². The number of nitrogens with one attached hydrogen (secondary N) is 1. The molecular weight excluding hydrogens is 387 g/mol. The number of H-pyrrole nitrogens is 1. The molecule has 0 radical (unpaired) electrons. The number of aryl methyl sites for hydroxylation is 1. The first-order valence-electron chi connectivity index (χ1n) is 6.06. The van der Waals surface area contributed by atoms with Crippen molar-refractivity contribution in [1.29, 1.82) is 0 Å². The van der Waals surface area contributed by atoms with Crippen molar-refractivity contribution in [3.05, 3.63) is 55.3 Å². The monoisotopic (exact) mass is 402 g/mol. The average Bonchev–Trinajstić information content (AvgIpc) is 2.44. The number of aromatic nitrogens is 2. The zero-order valence-corrected chi connectivity index (χ0v) is 14.2. The fraction of sp³-hybridized carbons (Fsp3) is 0.286. The zero-order valence-electron chi connectivity index (χ0n) is 11.3. The number of nitrogens with zero attached hydrogens (tertiary/aromatic N) is 1. The maximum Gasteiger partial charge on any atom is 0.264 e. The third-order valence-corrected chi connectivity index (χ3v) is 4.79. The molecule has 0 fully saturated rings. The number of benzene rings is 1. The molecule has 0 aliphatic heterocycles. The summed E-state index contributed by atoms with van der Waals surface area (Å²) in [6.07, 6.45) is 0.